The Morgan fingerprint density at radius 3 is 2.52 bits per heavy atom. The molecule has 1 aliphatic rings. The molecule has 0 saturated carbocycles. The van der Waals surface area contributed by atoms with Crippen LogP contribution in [0.4, 0.5) is 5.69 Å². The van der Waals surface area contributed by atoms with E-state index in [0.29, 0.717) is 34.6 Å². The maximum absolute atomic E-state index is 12.4. The predicted molar refractivity (Wildman–Crippen MR) is 117 cm³/mol. The number of anilines is 1. The molecule has 0 bridgehead atoms. The predicted octanol–water partition coefficient (Wildman–Crippen LogP) is 3.63. The highest BCUT2D eigenvalue weighted by atomic mass is 79.9. The summed E-state index contributed by atoms with van der Waals surface area (Å²) in [7, 11) is 0. The molecule has 156 valence electrons. The van der Waals surface area contributed by atoms with Crippen molar-refractivity contribution in [3.05, 3.63) is 70.5 Å². The van der Waals surface area contributed by atoms with Crippen LogP contribution < -0.4 is 5.32 Å². The Kier molecular flexibility index (Phi) is 5.77. The lowest BCUT2D eigenvalue weighted by Gasteiger charge is -2.13. The van der Waals surface area contributed by atoms with E-state index in [1.54, 1.807) is 42.5 Å². The molecule has 2 heterocycles. The van der Waals surface area contributed by atoms with Gasteiger partial charge in [-0.05, 0) is 36.8 Å². The summed E-state index contributed by atoms with van der Waals surface area (Å²) in [5.74, 6) is -0.426. The number of amides is 3. The summed E-state index contributed by atoms with van der Waals surface area (Å²) >= 11 is 3.30. The van der Waals surface area contributed by atoms with Crippen LogP contribution in [0.15, 0.2) is 59.3 Å². The molecule has 9 heteroatoms. The molecular weight excluding hydrogens is 464 g/mol. The Hall–Kier alpha value is -3.59. The lowest BCUT2D eigenvalue weighted by atomic mass is 10.1. The molecule has 1 aromatic heterocycles. The fraction of sp³-hybridized carbons (Fsp3) is 0.136. The van der Waals surface area contributed by atoms with Crippen molar-refractivity contribution in [3.63, 3.8) is 0 Å². The Labute approximate surface area is 186 Å². The van der Waals surface area contributed by atoms with Crippen molar-refractivity contribution in [2.24, 2.45) is 0 Å². The molecule has 0 fully saturated rings. The van der Waals surface area contributed by atoms with Gasteiger partial charge in [-0.15, -0.1) is 0 Å². The summed E-state index contributed by atoms with van der Waals surface area (Å²) in [6, 6.07) is 11.5. The maximum atomic E-state index is 12.4. The van der Waals surface area contributed by atoms with Crippen molar-refractivity contribution in [1.29, 1.82) is 0 Å². The molecule has 3 amide bonds. The minimum absolute atomic E-state index is 0.115. The fourth-order valence-electron chi connectivity index (χ4n) is 3.27. The Balaban J connectivity index is 1.30. The van der Waals surface area contributed by atoms with E-state index in [2.05, 4.69) is 31.2 Å². The lowest BCUT2D eigenvalue weighted by molar-refractivity contribution is -0.116. The lowest BCUT2D eigenvalue weighted by Crippen LogP contribution is -2.31. The number of carbonyl (C=O) groups is 3. The van der Waals surface area contributed by atoms with Gasteiger partial charge in [-0.3, -0.25) is 19.3 Å². The van der Waals surface area contributed by atoms with Gasteiger partial charge >= 0.3 is 0 Å². The summed E-state index contributed by atoms with van der Waals surface area (Å²) < 4.78 is 0.728. The number of hydrogen-bond acceptors (Lipinski definition) is 6. The molecule has 31 heavy (non-hydrogen) atoms. The Morgan fingerprint density at radius 1 is 1.03 bits per heavy atom. The molecule has 2 N–H and O–H groups in total. The monoisotopic (exact) mass is 480 g/mol. The van der Waals surface area contributed by atoms with Crippen LogP contribution in [0.25, 0.3) is 11.4 Å². The molecular formula is C22H17BrN4O4. The van der Waals surface area contributed by atoms with Gasteiger partial charge in [0.2, 0.25) is 5.91 Å². The van der Waals surface area contributed by atoms with Crippen molar-refractivity contribution in [2.75, 3.05) is 11.9 Å². The summed E-state index contributed by atoms with van der Waals surface area (Å²) in [6.45, 7) is 0.157. The zero-order valence-corrected chi connectivity index (χ0v) is 17.8. The van der Waals surface area contributed by atoms with Crippen molar-refractivity contribution in [1.82, 2.24) is 14.9 Å². The van der Waals surface area contributed by atoms with Gasteiger partial charge in [-0.2, -0.15) is 0 Å². The first-order chi connectivity index (χ1) is 14.9. The van der Waals surface area contributed by atoms with Gasteiger partial charge in [0.25, 0.3) is 11.8 Å². The number of nitrogens with zero attached hydrogens (tertiary/aromatic N) is 3. The SMILES string of the molecule is O=C(CCCN1C(=O)c2ccc(Br)cc2C1=O)Nc1cnc(-c2cccc(O)c2)nc1. The van der Waals surface area contributed by atoms with Crippen molar-refractivity contribution >= 4 is 39.3 Å². The number of carbonyl (C=O) groups excluding carboxylic acids is 3. The van der Waals surface area contributed by atoms with E-state index in [1.165, 1.54) is 12.4 Å². The summed E-state index contributed by atoms with van der Waals surface area (Å²) in [4.78, 5) is 46.6. The van der Waals surface area contributed by atoms with Crippen LogP contribution >= 0.6 is 15.9 Å². The summed E-state index contributed by atoms with van der Waals surface area (Å²) in [5, 5.41) is 12.2. The van der Waals surface area contributed by atoms with Crippen LogP contribution in [0, 0.1) is 0 Å². The average Bonchev–Trinajstić information content (AvgIpc) is 2.98. The highest BCUT2D eigenvalue weighted by Crippen LogP contribution is 2.26. The molecule has 0 spiro atoms. The van der Waals surface area contributed by atoms with Crippen LogP contribution in [0.5, 0.6) is 5.75 Å². The molecule has 3 aromatic rings. The van der Waals surface area contributed by atoms with Gasteiger partial charge in [-0.1, -0.05) is 28.1 Å². The zero-order valence-electron chi connectivity index (χ0n) is 16.2. The summed E-state index contributed by atoms with van der Waals surface area (Å²) in [6.07, 6.45) is 3.42. The second kappa shape index (κ2) is 8.65. The van der Waals surface area contributed by atoms with Gasteiger partial charge < -0.3 is 10.4 Å². The molecule has 0 atom stereocenters. The number of imide groups is 1. The van der Waals surface area contributed by atoms with Gasteiger partial charge in [-0.25, -0.2) is 9.97 Å². The third-order valence-electron chi connectivity index (χ3n) is 4.76. The topological polar surface area (TPSA) is 112 Å². The molecule has 8 nitrogen and oxygen atoms in total. The van der Waals surface area contributed by atoms with Gasteiger partial charge in [0.15, 0.2) is 5.82 Å². The largest absolute Gasteiger partial charge is 0.508 e. The number of rotatable bonds is 6. The normalized spacial score (nSPS) is 12.7. The van der Waals surface area contributed by atoms with E-state index in [0.717, 1.165) is 9.37 Å². The molecule has 0 saturated heterocycles. The van der Waals surface area contributed by atoms with Crippen LogP contribution in [0.1, 0.15) is 33.6 Å². The first kappa shape index (κ1) is 20.7. The van der Waals surface area contributed by atoms with Crippen molar-refractivity contribution in [2.45, 2.75) is 12.8 Å². The Bertz CT molecular complexity index is 1180. The first-order valence-corrected chi connectivity index (χ1v) is 10.3. The second-order valence-corrected chi connectivity index (χ2v) is 7.86. The van der Waals surface area contributed by atoms with Crippen LogP contribution in [-0.2, 0) is 4.79 Å². The van der Waals surface area contributed by atoms with Crippen molar-refractivity contribution < 1.29 is 19.5 Å². The average molecular weight is 481 g/mol. The number of benzene rings is 2. The number of aromatic nitrogens is 2. The van der Waals surface area contributed by atoms with Gasteiger partial charge in [0, 0.05) is 23.0 Å². The van der Waals surface area contributed by atoms with E-state index < -0.39 is 0 Å². The molecule has 0 radical (unpaired) electrons. The van der Waals surface area contributed by atoms with Crippen LogP contribution in [0.3, 0.4) is 0 Å². The third kappa shape index (κ3) is 4.46. The van der Waals surface area contributed by atoms with E-state index >= 15 is 0 Å². The number of hydrogen-bond donors (Lipinski definition) is 2. The summed E-state index contributed by atoms with van der Waals surface area (Å²) in [5.41, 5.74) is 1.83. The fourth-order valence-corrected chi connectivity index (χ4v) is 3.63. The third-order valence-corrected chi connectivity index (χ3v) is 5.25. The van der Waals surface area contributed by atoms with E-state index in [4.69, 9.17) is 0 Å². The molecule has 1 aliphatic heterocycles. The van der Waals surface area contributed by atoms with Gasteiger partial charge in [0.1, 0.15) is 5.75 Å². The second-order valence-electron chi connectivity index (χ2n) is 6.95. The quantitative estimate of drug-likeness (QED) is 0.520. The highest BCUT2D eigenvalue weighted by molar-refractivity contribution is 9.10. The van der Waals surface area contributed by atoms with Crippen molar-refractivity contribution in [3.8, 4) is 17.1 Å². The van der Waals surface area contributed by atoms with Crippen LogP contribution in [-0.4, -0.2) is 44.2 Å². The van der Waals surface area contributed by atoms with E-state index in [1.807, 2.05) is 0 Å². The molecule has 0 unspecified atom stereocenters. The minimum atomic E-state index is -0.349. The number of phenols is 1. The van der Waals surface area contributed by atoms with Crippen LogP contribution in [0.2, 0.25) is 0 Å². The van der Waals surface area contributed by atoms with E-state index in [-0.39, 0.29) is 36.4 Å². The number of halogens is 1. The zero-order chi connectivity index (χ0) is 22.0. The smallest absolute Gasteiger partial charge is 0.261 e. The minimum Gasteiger partial charge on any atom is -0.508 e. The standard InChI is InChI=1S/C22H17BrN4O4/c23-14-6-7-17-18(10-14)22(31)27(21(17)30)8-2-5-19(29)26-15-11-24-20(25-12-15)13-3-1-4-16(28)9-13/h1,3-4,6-7,9-12,28H,2,5,8H2,(H,26,29). The number of nitrogens with one attached hydrogen (secondary N) is 1. The van der Waals surface area contributed by atoms with E-state index in [9.17, 15) is 19.5 Å². The Morgan fingerprint density at radius 2 is 1.77 bits per heavy atom. The van der Waals surface area contributed by atoms with Gasteiger partial charge in [0.05, 0.1) is 29.2 Å². The maximum Gasteiger partial charge on any atom is 0.261 e. The number of phenolic OH excluding ortho intramolecular Hbond substituents is 1. The number of aromatic hydroxyl groups is 1. The first-order valence-electron chi connectivity index (χ1n) is 9.49. The molecule has 4 rings (SSSR count). The number of fused-ring (bicyclic) bond motifs is 1. The molecule has 2 aromatic carbocycles. The molecule has 0 aliphatic carbocycles. The highest BCUT2D eigenvalue weighted by Gasteiger charge is 2.35.